The third-order valence-corrected chi connectivity index (χ3v) is 4.13. The third kappa shape index (κ3) is 5.48. The van der Waals surface area contributed by atoms with E-state index in [4.69, 9.17) is 5.26 Å². The van der Waals surface area contributed by atoms with Crippen LogP contribution in [0.5, 0.6) is 0 Å². The number of nitriles is 1. The van der Waals surface area contributed by atoms with Gasteiger partial charge in [-0.15, -0.1) is 0 Å². The number of rotatable bonds is 5. The summed E-state index contributed by atoms with van der Waals surface area (Å²) in [7, 11) is 0. The van der Waals surface area contributed by atoms with Gasteiger partial charge in [0, 0.05) is 15.1 Å². The number of nitrogens with one attached hydrogen (secondary N) is 1. The summed E-state index contributed by atoms with van der Waals surface area (Å²) in [5, 5.41) is 11.7. The first-order valence-corrected chi connectivity index (χ1v) is 8.39. The topological polar surface area (TPSA) is 52.9 Å². The van der Waals surface area contributed by atoms with Gasteiger partial charge >= 0.3 is 0 Å². The molecule has 122 valence electrons. The summed E-state index contributed by atoms with van der Waals surface area (Å²) in [6.45, 7) is 0. The van der Waals surface area contributed by atoms with Gasteiger partial charge in [-0.2, -0.15) is 14.0 Å². The number of carbonyl (C=O) groups is 1. The highest BCUT2D eigenvalue weighted by Crippen LogP contribution is 2.26. The SMILES string of the molecule is N#C/C(=C\c1ccc(Br)cc1)C(=O)Nc1ccc(SC(F)F)cc1. The van der Waals surface area contributed by atoms with E-state index in [1.165, 1.54) is 30.3 Å². The number of carbonyl (C=O) groups excluding carboxylic acids is 1. The molecule has 0 fully saturated rings. The quantitative estimate of drug-likeness (QED) is 0.414. The Morgan fingerprint density at radius 1 is 1.17 bits per heavy atom. The minimum absolute atomic E-state index is 0.0524. The van der Waals surface area contributed by atoms with E-state index >= 15 is 0 Å². The zero-order valence-electron chi connectivity index (χ0n) is 12.2. The Labute approximate surface area is 150 Å². The second kappa shape index (κ2) is 8.62. The Morgan fingerprint density at radius 3 is 2.33 bits per heavy atom. The fourth-order valence-electron chi connectivity index (χ4n) is 1.79. The predicted molar refractivity (Wildman–Crippen MR) is 94.7 cm³/mol. The van der Waals surface area contributed by atoms with Crippen LogP contribution in [0.3, 0.4) is 0 Å². The molecular weight excluding hydrogens is 398 g/mol. The molecule has 0 aliphatic heterocycles. The molecule has 0 spiro atoms. The summed E-state index contributed by atoms with van der Waals surface area (Å²) in [5.74, 6) is -3.06. The van der Waals surface area contributed by atoms with Crippen LogP contribution in [-0.2, 0) is 4.79 Å². The molecule has 0 unspecified atom stereocenters. The number of anilines is 1. The van der Waals surface area contributed by atoms with Crippen LogP contribution in [0.1, 0.15) is 5.56 Å². The summed E-state index contributed by atoms with van der Waals surface area (Å²) >= 11 is 3.74. The van der Waals surface area contributed by atoms with Crippen molar-refractivity contribution in [2.75, 3.05) is 5.32 Å². The Hall–Kier alpha value is -2.17. The maximum atomic E-state index is 12.3. The van der Waals surface area contributed by atoms with Crippen molar-refractivity contribution in [3.05, 3.63) is 64.1 Å². The molecule has 3 nitrogen and oxygen atoms in total. The molecule has 24 heavy (non-hydrogen) atoms. The van der Waals surface area contributed by atoms with E-state index in [1.807, 2.05) is 6.07 Å². The second-order valence-electron chi connectivity index (χ2n) is 4.58. The molecule has 2 rings (SSSR count). The van der Waals surface area contributed by atoms with Gasteiger partial charge in [-0.25, -0.2) is 0 Å². The van der Waals surface area contributed by atoms with Crippen LogP contribution in [0.15, 0.2) is 63.5 Å². The largest absolute Gasteiger partial charge is 0.321 e. The van der Waals surface area contributed by atoms with Gasteiger partial charge < -0.3 is 5.32 Å². The maximum Gasteiger partial charge on any atom is 0.288 e. The van der Waals surface area contributed by atoms with Gasteiger partial charge in [0.1, 0.15) is 11.6 Å². The first kappa shape index (κ1) is 18.2. The minimum Gasteiger partial charge on any atom is -0.321 e. The molecular formula is C17H11BrF2N2OS. The van der Waals surface area contributed by atoms with E-state index in [1.54, 1.807) is 24.3 Å². The van der Waals surface area contributed by atoms with Gasteiger partial charge in [-0.1, -0.05) is 39.8 Å². The van der Waals surface area contributed by atoms with Crippen molar-refractivity contribution in [3.63, 3.8) is 0 Å². The molecule has 0 aromatic heterocycles. The monoisotopic (exact) mass is 408 g/mol. The molecule has 2 aromatic rings. The number of halogens is 3. The van der Waals surface area contributed by atoms with Gasteiger partial charge in [-0.05, 0) is 48.0 Å². The number of amides is 1. The third-order valence-electron chi connectivity index (χ3n) is 2.88. The number of hydrogen-bond donors (Lipinski definition) is 1. The van der Waals surface area contributed by atoms with Crippen molar-refractivity contribution in [2.45, 2.75) is 10.7 Å². The van der Waals surface area contributed by atoms with E-state index in [0.29, 0.717) is 27.9 Å². The van der Waals surface area contributed by atoms with Gasteiger partial charge in [0.25, 0.3) is 11.7 Å². The average Bonchev–Trinajstić information content (AvgIpc) is 2.55. The lowest BCUT2D eigenvalue weighted by Crippen LogP contribution is -2.13. The van der Waals surface area contributed by atoms with Gasteiger partial charge in [0.2, 0.25) is 0 Å². The average molecular weight is 409 g/mol. The Morgan fingerprint density at radius 2 is 1.79 bits per heavy atom. The molecule has 0 radical (unpaired) electrons. The van der Waals surface area contributed by atoms with Crippen LogP contribution in [0.25, 0.3) is 6.08 Å². The van der Waals surface area contributed by atoms with Crippen molar-refractivity contribution in [2.24, 2.45) is 0 Å². The van der Waals surface area contributed by atoms with E-state index in [9.17, 15) is 13.6 Å². The van der Waals surface area contributed by atoms with E-state index < -0.39 is 11.7 Å². The van der Waals surface area contributed by atoms with E-state index in [-0.39, 0.29) is 5.57 Å². The first-order chi connectivity index (χ1) is 11.5. The zero-order valence-corrected chi connectivity index (χ0v) is 14.6. The normalized spacial score (nSPS) is 11.2. The highest BCUT2D eigenvalue weighted by atomic mass is 79.9. The molecule has 0 saturated heterocycles. The van der Waals surface area contributed by atoms with Crippen LogP contribution < -0.4 is 5.32 Å². The molecule has 0 saturated carbocycles. The van der Waals surface area contributed by atoms with E-state index in [0.717, 1.165) is 4.47 Å². The zero-order chi connectivity index (χ0) is 17.5. The molecule has 0 bridgehead atoms. The van der Waals surface area contributed by atoms with Crippen molar-refractivity contribution >= 4 is 45.4 Å². The van der Waals surface area contributed by atoms with Crippen molar-refractivity contribution < 1.29 is 13.6 Å². The molecule has 2 aromatic carbocycles. The lowest BCUT2D eigenvalue weighted by molar-refractivity contribution is -0.112. The summed E-state index contributed by atoms with van der Waals surface area (Å²) in [4.78, 5) is 12.5. The summed E-state index contributed by atoms with van der Waals surface area (Å²) in [6.07, 6.45) is 1.47. The molecule has 1 amide bonds. The summed E-state index contributed by atoms with van der Waals surface area (Å²) in [5.41, 5.74) is 1.09. The highest BCUT2D eigenvalue weighted by Gasteiger charge is 2.10. The van der Waals surface area contributed by atoms with Gasteiger partial charge in [0.05, 0.1) is 0 Å². The van der Waals surface area contributed by atoms with Crippen LogP contribution >= 0.6 is 27.7 Å². The molecule has 7 heteroatoms. The number of nitrogens with zero attached hydrogens (tertiary/aromatic N) is 1. The first-order valence-electron chi connectivity index (χ1n) is 6.71. The maximum absolute atomic E-state index is 12.3. The number of thioether (sulfide) groups is 1. The Kier molecular flexibility index (Phi) is 6.53. The standard InChI is InChI=1S/C17H11BrF2N2OS/c18-13-3-1-11(2-4-13)9-12(10-21)16(23)22-14-5-7-15(8-6-14)24-17(19)20/h1-9,17H,(H,22,23)/b12-9+. The van der Waals surface area contributed by atoms with Crippen LogP contribution in [0, 0.1) is 11.3 Å². The van der Waals surface area contributed by atoms with Crippen molar-refractivity contribution in [3.8, 4) is 6.07 Å². The molecule has 0 aliphatic rings. The molecule has 0 aliphatic carbocycles. The van der Waals surface area contributed by atoms with Crippen molar-refractivity contribution in [1.29, 1.82) is 5.26 Å². The lowest BCUT2D eigenvalue weighted by atomic mass is 10.1. The number of benzene rings is 2. The van der Waals surface area contributed by atoms with Crippen LogP contribution in [0.2, 0.25) is 0 Å². The summed E-state index contributed by atoms with van der Waals surface area (Å²) in [6, 6.07) is 15.0. The Balaban J connectivity index is 2.09. The molecule has 1 N–H and O–H groups in total. The van der Waals surface area contributed by atoms with Gasteiger partial charge in [-0.3, -0.25) is 4.79 Å². The number of hydrogen-bond acceptors (Lipinski definition) is 3. The summed E-state index contributed by atoms with van der Waals surface area (Å²) < 4.78 is 25.4. The minimum atomic E-state index is -2.50. The van der Waals surface area contributed by atoms with Crippen LogP contribution in [-0.4, -0.2) is 11.7 Å². The molecule has 0 heterocycles. The van der Waals surface area contributed by atoms with E-state index in [2.05, 4.69) is 21.2 Å². The smallest absolute Gasteiger partial charge is 0.288 e. The van der Waals surface area contributed by atoms with Gasteiger partial charge in [0.15, 0.2) is 0 Å². The predicted octanol–water partition coefficient (Wildman–Crippen LogP) is 5.31. The van der Waals surface area contributed by atoms with Crippen molar-refractivity contribution in [1.82, 2.24) is 0 Å². The fourth-order valence-corrected chi connectivity index (χ4v) is 2.56. The fraction of sp³-hybridized carbons (Fsp3) is 0.0588. The second-order valence-corrected chi connectivity index (χ2v) is 6.56. The van der Waals surface area contributed by atoms with Crippen LogP contribution in [0.4, 0.5) is 14.5 Å². The molecule has 0 atom stereocenters. The lowest BCUT2D eigenvalue weighted by Gasteiger charge is -2.06. The Bertz CT molecular complexity index is 784. The highest BCUT2D eigenvalue weighted by molar-refractivity contribution is 9.10. The number of alkyl halides is 2.